The Kier molecular flexibility index (Phi) is 20.5. The summed E-state index contributed by atoms with van der Waals surface area (Å²) in [6, 6.07) is 12.5. The van der Waals surface area contributed by atoms with E-state index in [1.807, 2.05) is 47.6 Å². The fraction of sp³-hybridized carbons (Fsp3) is 0.400. The average molecular weight is 1140 g/mol. The van der Waals surface area contributed by atoms with Crippen molar-refractivity contribution in [3.8, 4) is 34.6 Å². The highest BCUT2D eigenvalue weighted by atomic mass is 19.4. The summed E-state index contributed by atoms with van der Waals surface area (Å²) in [6.45, 7) is 19.9. The monoisotopic (exact) mass is 1130 g/mol. The zero-order valence-electron chi connectivity index (χ0n) is 45.6. The van der Waals surface area contributed by atoms with Crippen LogP contribution in [0.25, 0.3) is 51.5 Å². The molecule has 3 aliphatic heterocycles. The van der Waals surface area contributed by atoms with Gasteiger partial charge in [-0.15, -0.1) is 0 Å². The van der Waals surface area contributed by atoms with Crippen LogP contribution in [0.4, 0.5) is 57.0 Å². The van der Waals surface area contributed by atoms with Crippen molar-refractivity contribution < 1.29 is 44.3 Å². The standard InChI is InChI=1S/C17H16F3N5.C16H15F3N6.C16H14F3N5O.3C2H6/c18-17(19,20)12-4-5-14-22-10-13(25(14)11-12)16-21-7-6-15(23-16)24-8-2-1-3-9-24;17-16(18,19)11-1-2-13-22-9-12(25(13)10-11)15-21-4-3-14(23-15)24-7-5-20-6-8-24;17-16(18,19)11-1-2-13-21-9-12(24(13)10-11)15-20-4-3-14(22-15)23-5-7-25-8-6-23;3*1-2/h4-7,10-11H,1-3,8-9H2;1-4,9-10,20H,5-8H2;1-4,9-10H,5-8H2;3*1-2H3. The number of aromatic nitrogens is 12. The first kappa shape index (κ1) is 60.6. The van der Waals surface area contributed by atoms with Crippen LogP contribution in [0, 0.1) is 0 Å². The second kappa shape index (κ2) is 27.4. The summed E-state index contributed by atoms with van der Waals surface area (Å²) in [5.41, 5.74) is 0.319. The quantitative estimate of drug-likeness (QED) is 0.157. The minimum absolute atomic E-state index is 0.329. The van der Waals surface area contributed by atoms with E-state index >= 15 is 0 Å². The first-order valence-corrected chi connectivity index (χ1v) is 26.7. The molecular weight excluding hydrogens is 1070 g/mol. The molecule has 17 nitrogen and oxygen atoms in total. The van der Waals surface area contributed by atoms with E-state index in [1.165, 1.54) is 56.4 Å². The molecule has 432 valence electrons. The predicted octanol–water partition coefficient (Wildman–Crippen LogP) is 11.7. The van der Waals surface area contributed by atoms with Crippen LogP contribution in [-0.4, -0.2) is 124 Å². The van der Waals surface area contributed by atoms with Crippen molar-refractivity contribution in [3.63, 3.8) is 0 Å². The number of alkyl halides is 9. The molecule has 0 spiro atoms. The highest BCUT2D eigenvalue weighted by Crippen LogP contribution is 2.34. The number of fused-ring (bicyclic) bond motifs is 3. The van der Waals surface area contributed by atoms with Gasteiger partial charge in [0, 0.05) is 89.5 Å². The van der Waals surface area contributed by atoms with E-state index in [0.717, 1.165) is 106 Å². The number of pyridine rings is 3. The smallest absolute Gasteiger partial charge is 0.378 e. The molecule has 9 aromatic rings. The molecule has 0 atom stereocenters. The van der Waals surface area contributed by atoms with Crippen LogP contribution in [0.2, 0.25) is 0 Å². The summed E-state index contributed by atoms with van der Waals surface area (Å²) < 4.78 is 126. The lowest BCUT2D eigenvalue weighted by Crippen LogP contribution is -2.43. The van der Waals surface area contributed by atoms with Crippen molar-refractivity contribution in [3.05, 3.63) is 127 Å². The topological polar surface area (TPSA) is 160 Å². The molecule has 81 heavy (non-hydrogen) atoms. The zero-order valence-corrected chi connectivity index (χ0v) is 45.6. The van der Waals surface area contributed by atoms with Gasteiger partial charge in [-0.25, -0.2) is 44.9 Å². The molecule has 0 saturated carbocycles. The molecule has 1 N–H and O–H groups in total. The molecule has 0 bridgehead atoms. The van der Waals surface area contributed by atoms with Crippen molar-refractivity contribution in [2.45, 2.75) is 79.3 Å². The normalized spacial score (nSPS) is 14.8. The number of nitrogens with zero attached hydrogens (tertiary/aromatic N) is 15. The Morgan fingerprint density at radius 2 is 0.716 bits per heavy atom. The van der Waals surface area contributed by atoms with Crippen LogP contribution in [0.15, 0.2) is 110 Å². The molecule has 26 heteroatoms. The minimum atomic E-state index is -4.42. The van der Waals surface area contributed by atoms with Crippen LogP contribution in [-0.2, 0) is 23.3 Å². The van der Waals surface area contributed by atoms with Gasteiger partial charge >= 0.3 is 18.5 Å². The number of rotatable bonds is 6. The Labute approximate surface area is 462 Å². The first-order valence-electron chi connectivity index (χ1n) is 26.7. The molecular formula is C55H63F9N16O. The Morgan fingerprint density at radius 1 is 0.395 bits per heavy atom. The SMILES string of the molecule is CC.CC.CC.FC(F)(F)c1ccc2ncc(-c3nccc(N4CCCCC4)n3)n2c1.FC(F)(F)c1ccc2ncc(-c3nccc(N4CCNCC4)n3)n2c1.FC(F)(F)c1ccc2ncc(-c3nccc(N4CCOCC4)n3)n2c1. The fourth-order valence-corrected chi connectivity index (χ4v) is 8.70. The summed E-state index contributed by atoms with van der Waals surface area (Å²) in [7, 11) is 0. The van der Waals surface area contributed by atoms with E-state index in [4.69, 9.17) is 4.74 Å². The lowest BCUT2D eigenvalue weighted by Gasteiger charge is -2.28. The lowest BCUT2D eigenvalue weighted by atomic mass is 10.1. The van der Waals surface area contributed by atoms with E-state index in [1.54, 1.807) is 30.7 Å². The van der Waals surface area contributed by atoms with Crippen molar-refractivity contribution in [1.29, 1.82) is 0 Å². The van der Waals surface area contributed by atoms with Gasteiger partial charge in [-0.1, -0.05) is 41.5 Å². The van der Waals surface area contributed by atoms with Crippen molar-refractivity contribution >= 4 is 34.4 Å². The van der Waals surface area contributed by atoms with Crippen LogP contribution in [0.5, 0.6) is 0 Å². The maximum atomic E-state index is 13.0. The molecule has 3 fully saturated rings. The van der Waals surface area contributed by atoms with Crippen LogP contribution in [0.3, 0.4) is 0 Å². The average Bonchev–Trinajstić information content (AvgIpc) is 4.27. The van der Waals surface area contributed by atoms with Gasteiger partial charge < -0.3 is 24.8 Å². The van der Waals surface area contributed by atoms with Gasteiger partial charge in [0.25, 0.3) is 0 Å². The Morgan fingerprint density at radius 3 is 1.05 bits per heavy atom. The van der Waals surface area contributed by atoms with E-state index in [-0.39, 0.29) is 0 Å². The number of anilines is 3. The molecule has 0 unspecified atom stereocenters. The number of halogens is 9. The number of morpholine rings is 1. The Hall–Kier alpha value is -8.00. The largest absolute Gasteiger partial charge is 0.417 e. The lowest BCUT2D eigenvalue weighted by molar-refractivity contribution is -0.138. The highest BCUT2D eigenvalue weighted by Gasteiger charge is 2.33. The summed E-state index contributed by atoms with van der Waals surface area (Å²) in [5.74, 6) is 3.32. The maximum absolute atomic E-state index is 13.0. The summed E-state index contributed by atoms with van der Waals surface area (Å²) >= 11 is 0. The van der Waals surface area contributed by atoms with E-state index in [0.29, 0.717) is 77.8 Å². The van der Waals surface area contributed by atoms with Crippen LogP contribution in [0.1, 0.15) is 77.5 Å². The Balaban J connectivity index is 0.000000167. The van der Waals surface area contributed by atoms with Crippen molar-refractivity contribution in [2.24, 2.45) is 0 Å². The number of piperazine rings is 1. The first-order chi connectivity index (χ1) is 39.1. The number of nitrogens with one attached hydrogen (secondary N) is 1. The summed E-state index contributed by atoms with van der Waals surface area (Å²) in [4.78, 5) is 45.1. The van der Waals surface area contributed by atoms with E-state index < -0.39 is 35.2 Å². The third kappa shape index (κ3) is 14.9. The van der Waals surface area contributed by atoms with Crippen LogP contribution >= 0.6 is 0 Å². The number of imidazole rings is 3. The number of piperidine rings is 1. The van der Waals surface area contributed by atoms with E-state index in [2.05, 4.69) is 64.9 Å². The maximum Gasteiger partial charge on any atom is 0.417 e. The second-order valence-corrected chi connectivity index (χ2v) is 17.5. The van der Waals surface area contributed by atoms with Gasteiger partial charge in [-0.3, -0.25) is 13.2 Å². The molecule has 12 heterocycles. The molecule has 12 rings (SSSR count). The number of hydrogen-bond acceptors (Lipinski definition) is 14. The molecule has 0 aromatic carbocycles. The number of ether oxygens (including phenoxy) is 1. The van der Waals surface area contributed by atoms with Crippen molar-refractivity contribution in [2.75, 3.05) is 80.3 Å². The summed E-state index contributed by atoms with van der Waals surface area (Å²) in [5, 5.41) is 3.27. The third-order valence-electron chi connectivity index (χ3n) is 12.6. The fourth-order valence-electron chi connectivity index (χ4n) is 8.70. The van der Waals surface area contributed by atoms with Crippen molar-refractivity contribution in [1.82, 2.24) is 63.4 Å². The molecule has 0 radical (unpaired) electrons. The van der Waals surface area contributed by atoms with E-state index in [9.17, 15) is 39.5 Å². The van der Waals surface area contributed by atoms with Gasteiger partial charge in [0.1, 0.15) is 51.5 Å². The second-order valence-electron chi connectivity index (χ2n) is 17.5. The minimum Gasteiger partial charge on any atom is -0.378 e. The van der Waals surface area contributed by atoms with Gasteiger partial charge in [0.2, 0.25) is 0 Å². The highest BCUT2D eigenvalue weighted by molar-refractivity contribution is 5.62. The molecule has 9 aromatic heterocycles. The van der Waals surface area contributed by atoms with Gasteiger partial charge in [-0.2, -0.15) is 39.5 Å². The Bertz CT molecular complexity index is 3060. The van der Waals surface area contributed by atoms with Gasteiger partial charge in [0.05, 0.1) is 48.5 Å². The number of hydrogen-bond donors (Lipinski definition) is 1. The molecule has 0 aliphatic carbocycles. The third-order valence-corrected chi connectivity index (χ3v) is 12.6. The van der Waals surface area contributed by atoms with Crippen LogP contribution < -0.4 is 20.0 Å². The van der Waals surface area contributed by atoms with Gasteiger partial charge in [-0.05, 0) is 73.9 Å². The molecule has 3 aliphatic rings. The molecule has 3 saturated heterocycles. The zero-order chi connectivity index (χ0) is 58.3. The molecule has 0 amide bonds. The summed E-state index contributed by atoms with van der Waals surface area (Å²) in [6.07, 6.45) is 2.60. The predicted molar refractivity (Wildman–Crippen MR) is 292 cm³/mol. The van der Waals surface area contributed by atoms with Gasteiger partial charge in [0.15, 0.2) is 17.5 Å².